The van der Waals surface area contributed by atoms with Crippen molar-refractivity contribution in [2.75, 3.05) is 18.5 Å². The third kappa shape index (κ3) is 3.84. The average molecular weight is 414 g/mol. The smallest absolute Gasteiger partial charge is 0.143 e. The van der Waals surface area contributed by atoms with E-state index in [-0.39, 0.29) is 25.1 Å². The van der Waals surface area contributed by atoms with Crippen molar-refractivity contribution in [2.24, 2.45) is 0 Å². The Balaban J connectivity index is 1.49. The molecule has 2 aromatic heterocycles. The second-order valence-corrected chi connectivity index (χ2v) is 8.67. The largest absolute Gasteiger partial charge is 0.490 e. The second-order valence-electron chi connectivity index (χ2n) is 8.67. The summed E-state index contributed by atoms with van der Waals surface area (Å²) in [6, 6.07) is 6.12. The topological polar surface area (TPSA) is 72.1 Å². The fourth-order valence-electron chi connectivity index (χ4n) is 3.82. The van der Waals surface area contributed by atoms with Crippen LogP contribution < -0.4 is 10.1 Å². The first-order valence-electron chi connectivity index (χ1n) is 10.2. The molecule has 0 amide bonds. The summed E-state index contributed by atoms with van der Waals surface area (Å²) >= 11 is 0. The van der Waals surface area contributed by atoms with Crippen molar-refractivity contribution in [1.29, 1.82) is 0 Å². The van der Waals surface area contributed by atoms with Crippen LogP contribution in [0.2, 0.25) is 0 Å². The van der Waals surface area contributed by atoms with Gasteiger partial charge in [0.15, 0.2) is 0 Å². The predicted octanol–water partition coefficient (Wildman–Crippen LogP) is 4.65. The van der Waals surface area contributed by atoms with Gasteiger partial charge in [-0.15, -0.1) is 0 Å². The molecule has 2 atom stereocenters. The highest BCUT2D eigenvalue weighted by atomic mass is 19.1. The van der Waals surface area contributed by atoms with E-state index in [9.17, 15) is 8.78 Å². The molecule has 0 bridgehead atoms. The number of nitrogens with zero attached hydrogens (tertiary/aromatic N) is 2. The van der Waals surface area contributed by atoms with Crippen molar-refractivity contribution in [1.82, 2.24) is 15.0 Å². The molecule has 3 heterocycles. The van der Waals surface area contributed by atoms with Crippen molar-refractivity contribution >= 4 is 16.9 Å². The summed E-state index contributed by atoms with van der Waals surface area (Å²) in [5.74, 6) is 1.28. The molecule has 158 valence electrons. The summed E-state index contributed by atoms with van der Waals surface area (Å²) in [6.07, 6.45) is 3.39. The fraction of sp³-hybridized carbons (Fsp3) is 0.455. The third-order valence-corrected chi connectivity index (χ3v) is 5.48. The molecule has 2 unspecified atom stereocenters. The second kappa shape index (κ2) is 7.19. The van der Waals surface area contributed by atoms with Crippen molar-refractivity contribution in [3.63, 3.8) is 0 Å². The van der Waals surface area contributed by atoms with E-state index >= 15 is 0 Å². The van der Waals surface area contributed by atoms with E-state index in [2.05, 4.69) is 26.3 Å². The fourth-order valence-corrected chi connectivity index (χ4v) is 3.82. The number of alkyl halides is 1. The van der Waals surface area contributed by atoms with Gasteiger partial charge in [-0.25, -0.2) is 18.7 Å². The molecule has 1 aliphatic heterocycles. The van der Waals surface area contributed by atoms with Crippen molar-refractivity contribution in [3.05, 3.63) is 47.7 Å². The molecular formula is C22H24F2N4O2. The molecule has 1 fully saturated rings. The van der Waals surface area contributed by atoms with Gasteiger partial charge in [0.25, 0.3) is 0 Å². The maximum absolute atomic E-state index is 14.1. The van der Waals surface area contributed by atoms with Crippen LogP contribution in [0, 0.1) is 5.82 Å². The summed E-state index contributed by atoms with van der Waals surface area (Å²) in [7, 11) is 0. The highest BCUT2D eigenvalue weighted by Crippen LogP contribution is 2.42. The lowest BCUT2D eigenvalue weighted by Gasteiger charge is -2.35. The van der Waals surface area contributed by atoms with Gasteiger partial charge in [-0.1, -0.05) is 6.07 Å². The van der Waals surface area contributed by atoms with Crippen LogP contribution in [-0.2, 0) is 4.74 Å². The van der Waals surface area contributed by atoms with E-state index in [1.165, 1.54) is 45.1 Å². The number of benzene rings is 1. The van der Waals surface area contributed by atoms with Gasteiger partial charge >= 0.3 is 0 Å². The van der Waals surface area contributed by atoms with E-state index in [0.29, 0.717) is 17.5 Å². The highest BCUT2D eigenvalue weighted by Gasteiger charge is 2.34. The Bertz CT molecular complexity index is 1070. The van der Waals surface area contributed by atoms with E-state index in [1.807, 2.05) is 0 Å². The number of aromatic amines is 1. The molecule has 2 N–H and O–H groups in total. The van der Waals surface area contributed by atoms with E-state index in [0.717, 1.165) is 22.3 Å². The number of rotatable bonds is 6. The first-order valence-corrected chi connectivity index (χ1v) is 10.2. The summed E-state index contributed by atoms with van der Waals surface area (Å²) in [5.41, 5.74) is 1.20. The molecule has 1 aliphatic carbocycles. The summed E-state index contributed by atoms with van der Waals surface area (Å²) < 4.78 is 39.4. The molecule has 6 nitrogen and oxygen atoms in total. The molecule has 3 aromatic rings. The standard InChI is InChI=1S/C22H24F2N4O2/c1-22(2,24)10-30-18-9-29-17-7-13(23)5-6-14(17)19(18)28-21-15-8-16(12-3-4-12)27-20(15)25-11-26-21/h5-8,11-12,18-19H,3-4,9-10H2,1-2H3,(H2,25,26,27,28). The minimum absolute atomic E-state index is 0.0785. The SMILES string of the molecule is CC(C)(F)COC1COc2cc(F)ccc2C1Nc1ncnc2[nH]c(C3CC3)cc12. The molecule has 0 radical (unpaired) electrons. The van der Waals surface area contributed by atoms with Gasteiger partial charge < -0.3 is 19.8 Å². The van der Waals surface area contributed by atoms with Crippen molar-refractivity contribution in [2.45, 2.75) is 50.4 Å². The lowest BCUT2D eigenvalue weighted by atomic mass is 9.97. The van der Waals surface area contributed by atoms with Gasteiger partial charge in [-0.05, 0) is 44.7 Å². The molecule has 2 aliphatic rings. The van der Waals surface area contributed by atoms with Crippen molar-refractivity contribution < 1.29 is 18.3 Å². The van der Waals surface area contributed by atoms with Crippen LogP contribution in [0.15, 0.2) is 30.6 Å². The lowest BCUT2D eigenvalue weighted by Crippen LogP contribution is -2.40. The van der Waals surface area contributed by atoms with Gasteiger partial charge in [0.2, 0.25) is 0 Å². The molecule has 8 heteroatoms. The number of hydrogen-bond donors (Lipinski definition) is 2. The Hall–Kier alpha value is -2.74. The molecule has 1 saturated carbocycles. The predicted molar refractivity (Wildman–Crippen MR) is 109 cm³/mol. The third-order valence-electron chi connectivity index (χ3n) is 5.48. The molecule has 0 saturated heterocycles. The maximum atomic E-state index is 14.1. The number of hydrogen-bond acceptors (Lipinski definition) is 5. The van der Waals surface area contributed by atoms with Crippen LogP contribution in [0.1, 0.15) is 49.9 Å². The monoisotopic (exact) mass is 414 g/mol. The minimum atomic E-state index is -1.48. The highest BCUT2D eigenvalue weighted by molar-refractivity contribution is 5.88. The Labute approximate surface area is 173 Å². The zero-order valence-electron chi connectivity index (χ0n) is 16.9. The average Bonchev–Trinajstić information content (AvgIpc) is 3.45. The number of H-pyrrole nitrogens is 1. The zero-order valence-corrected chi connectivity index (χ0v) is 16.9. The summed E-state index contributed by atoms with van der Waals surface area (Å²) in [4.78, 5) is 12.2. The Kier molecular flexibility index (Phi) is 4.61. The summed E-state index contributed by atoms with van der Waals surface area (Å²) in [5, 5.41) is 4.33. The zero-order chi connectivity index (χ0) is 20.9. The van der Waals surface area contributed by atoms with Gasteiger partial charge in [-0.2, -0.15) is 0 Å². The van der Waals surface area contributed by atoms with Crippen LogP contribution >= 0.6 is 0 Å². The first-order chi connectivity index (χ1) is 14.4. The molecule has 0 spiro atoms. The Morgan fingerprint density at radius 2 is 2.10 bits per heavy atom. The summed E-state index contributed by atoms with van der Waals surface area (Å²) in [6.45, 7) is 3.04. The maximum Gasteiger partial charge on any atom is 0.143 e. The van der Waals surface area contributed by atoms with Gasteiger partial charge in [0.1, 0.15) is 47.7 Å². The number of nitrogens with one attached hydrogen (secondary N) is 2. The Morgan fingerprint density at radius 1 is 1.27 bits per heavy atom. The molecule has 5 rings (SSSR count). The molecule has 1 aromatic carbocycles. The van der Waals surface area contributed by atoms with Crippen LogP contribution in [0.25, 0.3) is 11.0 Å². The van der Waals surface area contributed by atoms with Gasteiger partial charge in [0, 0.05) is 17.3 Å². The van der Waals surface area contributed by atoms with E-state index in [4.69, 9.17) is 9.47 Å². The molecule has 30 heavy (non-hydrogen) atoms. The first kappa shape index (κ1) is 19.2. The van der Waals surface area contributed by atoms with Gasteiger partial charge in [-0.3, -0.25) is 0 Å². The quantitative estimate of drug-likeness (QED) is 0.614. The number of fused-ring (bicyclic) bond motifs is 2. The van der Waals surface area contributed by atoms with Crippen LogP contribution in [0.5, 0.6) is 5.75 Å². The number of aromatic nitrogens is 3. The number of anilines is 1. The van der Waals surface area contributed by atoms with Crippen LogP contribution in [0.3, 0.4) is 0 Å². The Morgan fingerprint density at radius 3 is 2.87 bits per heavy atom. The number of ether oxygens (including phenoxy) is 2. The minimum Gasteiger partial charge on any atom is -0.490 e. The molecular weight excluding hydrogens is 390 g/mol. The van der Waals surface area contributed by atoms with E-state index in [1.54, 1.807) is 6.07 Å². The van der Waals surface area contributed by atoms with Crippen molar-refractivity contribution in [3.8, 4) is 5.75 Å². The van der Waals surface area contributed by atoms with E-state index < -0.39 is 11.8 Å². The number of halogens is 2. The van der Waals surface area contributed by atoms with Crippen LogP contribution in [0.4, 0.5) is 14.6 Å². The van der Waals surface area contributed by atoms with Gasteiger partial charge in [0.05, 0.1) is 18.0 Å². The van der Waals surface area contributed by atoms with Crippen LogP contribution in [-0.4, -0.2) is 39.9 Å². The normalized spacial score (nSPS) is 21.3. The lowest BCUT2D eigenvalue weighted by molar-refractivity contribution is -0.0458.